The summed E-state index contributed by atoms with van der Waals surface area (Å²) in [5.74, 6) is 0.393. The molecule has 124 valence electrons. The highest BCUT2D eigenvalue weighted by Gasteiger charge is 2.09. The van der Waals surface area contributed by atoms with Crippen molar-refractivity contribution in [3.05, 3.63) is 51.0 Å². The lowest BCUT2D eigenvalue weighted by Gasteiger charge is -2.12. The first kappa shape index (κ1) is 17.5. The first-order valence-corrected chi connectivity index (χ1v) is 8.09. The molecule has 0 radical (unpaired) electrons. The number of aryl methyl sites for hydroxylation is 2. The average molecular weight is 382 g/mol. The van der Waals surface area contributed by atoms with Gasteiger partial charge in [-0.05, 0) is 47.5 Å². The van der Waals surface area contributed by atoms with Gasteiger partial charge in [-0.2, -0.15) is 5.10 Å². The largest absolute Gasteiger partial charge is 0.352 e. The van der Waals surface area contributed by atoms with Crippen LogP contribution in [0.1, 0.15) is 22.5 Å². The Bertz CT molecular complexity index is 724. The van der Waals surface area contributed by atoms with Gasteiger partial charge in [-0.25, -0.2) is 4.39 Å². The SMILES string of the molecule is CN=C(NCc1ccc(Br)c(F)c1)NCc1c(C)nn(C)c1C. The fraction of sp³-hybridized carbons (Fsp3) is 0.375. The molecule has 0 amide bonds. The van der Waals surface area contributed by atoms with Crippen LogP contribution in [0.5, 0.6) is 0 Å². The van der Waals surface area contributed by atoms with Gasteiger partial charge in [0.15, 0.2) is 5.96 Å². The van der Waals surface area contributed by atoms with Crippen molar-refractivity contribution in [2.45, 2.75) is 26.9 Å². The lowest BCUT2D eigenvalue weighted by Crippen LogP contribution is -2.36. The minimum Gasteiger partial charge on any atom is -0.352 e. The van der Waals surface area contributed by atoms with Gasteiger partial charge in [0.2, 0.25) is 0 Å². The summed E-state index contributed by atoms with van der Waals surface area (Å²) in [6.45, 7) is 5.16. The summed E-state index contributed by atoms with van der Waals surface area (Å²) in [5.41, 5.74) is 4.14. The molecule has 5 nitrogen and oxygen atoms in total. The van der Waals surface area contributed by atoms with Crippen molar-refractivity contribution in [1.82, 2.24) is 20.4 Å². The van der Waals surface area contributed by atoms with Gasteiger partial charge in [-0.15, -0.1) is 0 Å². The Labute approximate surface area is 144 Å². The highest BCUT2D eigenvalue weighted by molar-refractivity contribution is 9.10. The molecule has 0 fully saturated rings. The summed E-state index contributed by atoms with van der Waals surface area (Å²) >= 11 is 3.15. The zero-order chi connectivity index (χ0) is 17.0. The Balaban J connectivity index is 1.94. The molecule has 2 rings (SSSR count). The number of rotatable bonds is 4. The monoisotopic (exact) mass is 381 g/mol. The van der Waals surface area contributed by atoms with E-state index in [1.807, 2.05) is 31.6 Å². The van der Waals surface area contributed by atoms with Crippen LogP contribution in [0.4, 0.5) is 4.39 Å². The third kappa shape index (κ3) is 4.31. The van der Waals surface area contributed by atoms with Gasteiger partial charge in [0.1, 0.15) is 5.82 Å². The van der Waals surface area contributed by atoms with E-state index in [9.17, 15) is 4.39 Å². The van der Waals surface area contributed by atoms with E-state index in [1.54, 1.807) is 13.1 Å². The van der Waals surface area contributed by atoms with Gasteiger partial charge in [-0.3, -0.25) is 9.67 Å². The van der Waals surface area contributed by atoms with Crippen LogP contribution in [0.3, 0.4) is 0 Å². The zero-order valence-corrected chi connectivity index (χ0v) is 15.3. The second-order valence-corrected chi connectivity index (χ2v) is 6.16. The molecule has 1 aromatic carbocycles. The van der Waals surface area contributed by atoms with Gasteiger partial charge in [0.25, 0.3) is 0 Å². The van der Waals surface area contributed by atoms with Gasteiger partial charge >= 0.3 is 0 Å². The van der Waals surface area contributed by atoms with E-state index in [4.69, 9.17) is 0 Å². The summed E-state index contributed by atoms with van der Waals surface area (Å²) in [7, 11) is 3.64. The Hall–Kier alpha value is -1.89. The van der Waals surface area contributed by atoms with Crippen LogP contribution in [0, 0.1) is 19.7 Å². The number of hydrogen-bond acceptors (Lipinski definition) is 2. The topological polar surface area (TPSA) is 54.2 Å². The Morgan fingerprint density at radius 1 is 1.30 bits per heavy atom. The number of aromatic nitrogens is 2. The molecule has 2 N–H and O–H groups in total. The zero-order valence-electron chi connectivity index (χ0n) is 13.7. The normalized spacial score (nSPS) is 11.7. The minimum absolute atomic E-state index is 0.270. The number of nitrogens with zero attached hydrogens (tertiary/aromatic N) is 3. The molecule has 0 aliphatic heterocycles. The molecular weight excluding hydrogens is 361 g/mol. The van der Waals surface area contributed by atoms with Crippen molar-refractivity contribution in [3.63, 3.8) is 0 Å². The average Bonchev–Trinajstić information content (AvgIpc) is 2.76. The van der Waals surface area contributed by atoms with Crippen LogP contribution >= 0.6 is 15.9 Å². The molecule has 0 saturated carbocycles. The molecule has 0 atom stereocenters. The maximum atomic E-state index is 13.5. The summed E-state index contributed by atoms with van der Waals surface area (Å²) in [6, 6.07) is 5.06. The summed E-state index contributed by atoms with van der Waals surface area (Å²) in [5, 5.41) is 10.8. The molecule has 0 aliphatic carbocycles. The number of hydrogen-bond donors (Lipinski definition) is 2. The first-order chi connectivity index (χ1) is 10.9. The van der Waals surface area contributed by atoms with E-state index in [1.165, 1.54) is 6.07 Å². The second-order valence-electron chi connectivity index (χ2n) is 5.30. The summed E-state index contributed by atoms with van der Waals surface area (Å²) < 4.78 is 15.8. The number of halogens is 2. The van der Waals surface area contributed by atoms with Gasteiger partial charge < -0.3 is 10.6 Å². The Kier molecular flexibility index (Phi) is 5.76. The van der Waals surface area contributed by atoms with Crippen LogP contribution in [-0.2, 0) is 20.1 Å². The summed E-state index contributed by atoms with van der Waals surface area (Å²) in [4.78, 5) is 4.19. The van der Waals surface area contributed by atoms with Crippen molar-refractivity contribution >= 4 is 21.9 Å². The highest BCUT2D eigenvalue weighted by Crippen LogP contribution is 2.16. The Morgan fingerprint density at radius 2 is 2.00 bits per heavy atom. The standard InChI is InChI=1S/C16H21BrFN5/c1-10-13(11(2)23(4)22-10)9-21-16(19-3)20-8-12-5-6-14(17)15(18)7-12/h5-7H,8-9H2,1-4H3,(H2,19,20,21). The van der Waals surface area contributed by atoms with Gasteiger partial charge in [0.05, 0.1) is 10.2 Å². The number of nitrogens with one attached hydrogen (secondary N) is 2. The van der Waals surface area contributed by atoms with E-state index >= 15 is 0 Å². The third-order valence-corrected chi connectivity index (χ3v) is 4.40. The molecule has 1 heterocycles. The van der Waals surface area contributed by atoms with Gasteiger partial charge in [-0.1, -0.05) is 6.07 Å². The van der Waals surface area contributed by atoms with Crippen molar-refractivity contribution in [1.29, 1.82) is 0 Å². The molecule has 1 aromatic heterocycles. The van der Waals surface area contributed by atoms with Crippen LogP contribution in [0.25, 0.3) is 0 Å². The molecular formula is C16H21BrFN5. The van der Waals surface area contributed by atoms with Crippen LogP contribution in [0.2, 0.25) is 0 Å². The van der Waals surface area contributed by atoms with Crippen molar-refractivity contribution in [3.8, 4) is 0 Å². The minimum atomic E-state index is -0.270. The van der Waals surface area contributed by atoms with Crippen molar-refractivity contribution < 1.29 is 4.39 Å². The third-order valence-electron chi connectivity index (χ3n) is 3.76. The molecule has 0 bridgehead atoms. The van der Waals surface area contributed by atoms with E-state index in [0.717, 1.165) is 22.5 Å². The van der Waals surface area contributed by atoms with Crippen molar-refractivity contribution in [2.75, 3.05) is 7.05 Å². The predicted molar refractivity (Wildman–Crippen MR) is 93.8 cm³/mol. The maximum Gasteiger partial charge on any atom is 0.191 e. The molecule has 7 heteroatoms. The Morgan fingerprint density at radius 3 is 2.57 bits per heavy atom. The van der Waals surface area contributed by atoms with Crippen LogP contribution in [0.15, 0.2) is 27.7 Å². The second kappa shape index (κ2) is 7.59. The number of guanidine groups is 1. The van der Waals surface area contributed by atoms with E-state index in [0.29, 0.717) is 23.5 Å². The predicted octanol–water partition coefficient (Wildman–Crippen LogP) is 2.80. The maximum absolute atomic E-state index is 13.5. The van der Waals surface area contributed by atoms with E-state index in [-0.39, 0.29) is 5.82 Å². The molecule has 0 aliphatic rings. The van der Waals surface area contributed by atoms with Crippen LogP contribution in [-0.4, -0.2) is 22.8 Å². The molecule has 0 saturated heterocycles. The van der Waals surface area contributed by atoms with Crippen LogP contribution < -0.4 is 10.6 Å². The summed E-state index contributed by atoms with van der Waals surface area (Å²) in [6.07, 6.45) is 0. The lowest BCUT2D eigenvalue weighted by atomic mass is 10.2. The molecule has 23 heavy (non-hydrogen) atoms. The highest BCUT2D eigenvalue weighted by atomic mass is 79.9. The molecule has 0 spiro atoms. The number of benzene rings is 1. The van der Waals surface area contributed by atoms with Gasteiger partial charge in [0, 0.05) is 38.4 Å². The smallest absolute Gasteiger partial charge is 0.191 e. The first-order valence-electron chi connectivity index (χ1n) is 7.30. The fourth-order valence-corrected chi connectivity index (χ4v) is 2.55. The van der Waals surface area contributed by atoms with E-state index in [2.05, 4.69) is 36.7 Å². The number of aliphatic imine (C=N–C) groups is 1. The van der Waals surface area contributed by atoms with E-state index < -0.39 is 0 Å². The fourth-order valence-electron chi connectivity index (χ4n) is 2.30. The molecule has 0 unspecified atom stereocenters. The van der Waals surface area contributed by atoms with Crippen molar-refractivity contribution in [2.24, 2.45) is 12.0 Å². The quantitative estimate of drug-likeness (QED) is 0.632. The molecule has 2 aromatic rings. The lowest BCUT2D eigenvalue weighted by molar-refractivity contribution is 0.617.